The summed E-state index contributed by atoms with van der Waals surface area (Å²) in [5, 5.41) is 0.956. The van der Waals surface area contributed by atoms with Crippen LogP contribution in [0.15, 0.2) is 36.8 Å². The number of nitrogens with zero attached hydrogens (tertiary/aromatic N) is 4. The number of hydrogen-bond donors (Lipinski definition) is 0. The Labute approximate surface area is 169 Å². The Bertz CT molecular complexity index is 1030. The predicted octanol–water partition coefficient (Wildman–Crippen LogP) is 3.40. The minimum atomic E-state index is 0.0494. The molecule has 1 amide bonds. The Morgan fingerprint density at radius 3 is 2.55 bits per heavy atom. The van der Waals surface area contributed by atoms with Gasteiger partial charge in [0.15, 0.2) is 0 Å². The fourth-order valence-corrected chi connectivity index (χ4v) is 3.66. The third-order valence-corrected chi connectivity index (χ3v) is 5.36. The molecule has 3 aromatic rings. The van der Waals surface area contributed by atoms with Crippen molar-refractivity contribution in [2.75, 3.05) is 20.2 Å². The second kappa shape index (κ2) is 8.03. The van der Waals surface area contributed by atoms with Crippen LogP contribution in [0.4, 0.5) is 0 Å². The average Bonchev–Trinajstić information content (AvgIpc) is 2.75. The maximum atomic E-state index is 11.6. The summed E-state index contributed by atoms with van der Waals surface area (Å²) >= 11 is 0. The van der Waals surface area contributed by atoms with Crippen molar-refractivity contribution in [1.82, 2.24) is 19.9 Å². The molecule has 1 aromatic carbocycles. The van der Waals surface area contributed by atoms with Crippen molar-refractivity contribution in [3.05, 3.63) is 42.5 Å². The number of carbonyl (C=O) groups excluding carboxylic acids is 1. The lowest BCUT2D eigenvalue weighted by molar-refractivity contribution is -0.130. The first-order valence-corrected chi connectivity index (χ1v) is 9.73. The molecule has 4 rings (SSSR count). The number of aryl methyl sites for hydroxylation is 1. The molecule has 7 nitrogen and oxygen atoms in total. The van der Waals surface area contributed by atoms with Gasteiger partial charge in [0.05, 0.1) is 7.11 Å². The van der Waals surface area contributed by atoms with E-state index in [9.17, 15) is 4.79 Å². The van der Waals surface area contributed by atoms with Crippen LogP contribution in [0.5, 0.6) is 11.6 Å². The van der Waals surface area contributed by atoms with Gasteiger partial charge in [-0.15, -0.1) is 0 Å². The number of ether oxygens (including phenoxy) is 2. The van der Waals surface area contributed by atoms with E-state index in [0.29, 0.717) is 19.0 Å². The highest BCUT2D eigenvalue weighted by Gasteiger charge is 2.23. The molecule has 0 atom stereocenters. The van der Waals surface area contributed by atoms with Crippen molar-refractivity contribution in [1.29, 1.82) is 0 Å². The van der Waals surface area contributed by atoms with E-state index in [1.165, 1.54) is 0 Å². The molecule has 0 spiro atoms. The fraction of sp³-hybridized carbons (Fsp3) is 0.364. The van der Waals surface area contributed by atoms with Gasteiger partial charge in [-0.25, -0.2) is 15.0 Å². The number of likely N-dealkylation sites (tertiary alicyclic amines) is 1. The Hall–Kier alpha value is -3.22. The van der Waals surface area contributed by atoms with Gasteiger partial charge in [-0.3, -0.25) is 4.79 Å². The second-order valence-corrected chi connectivity index (χ2v) is 7.24. The number of pyridine rings is 1. The summed E-state index contributed by atoms with van der Waals surface area (Å²) in [4.78, 5) is 26.6. The lowest BCUT2D eigenvalue weighted by Gasteiger charge is -2.31. The number of fused-ring (bicyclic) bond motifs is 1. The molecule has 2 aromatic heterocycles. The molecule has 3 heterocycles. The third kappa shape index (κ3) is 3.99. The van der Waals surface area contributed by atoms with Crippen LogP contribution in [0.25, 0.3) is 22.0 Å². The van der Waals surface area contributed by atoms with Gasteiger partial charge in [0, 0.05) is 61.8 Å². The normalized spacial score (nSPS) is 14.8. The molecule has 0 N–H and O–H groups in total. The highest BCUT2D eigenvalue weighted by Crippen LogP contribution is 2.34. The van der Waals surface area contributed by atoms with Crippen LogP contribution in [0.1, 0.15) is 25.5 Å². The maximum absolute atomic E-state index is 11.6. The number of hydrogen-bond acceptors (Lipinski definition) is 6. The van der Waals surface area contributed by atoms with Gasteiger partial charge >= 0.3 is 0 Å². The van der Waals surface area contributed by atoms with Crippen LogP contribution in [-0.4, -0.2) is 52.1 Å². The largest absolute Gasteiger partial charge is 0.488 e. The van der Waals surface area contributed by atoms with Gasteiger partial charge in [-0.2, -0.15) is 0 Å². The minimum Gasteiger partial charge on any atom is -0.488 e. The lowest BCUT2D eigenvalue weighted by Crippen LogP contribution is -2.40. The summed E-state index contributed by atoms with van der Waals surface area (Å²) in [5.74, 6) is 1.43. The van der Waals surface area contributed by atoms with Crippen LogP contribution >= 0.6 is 0 Å². The molecule has 7 heteroatoms. The summed E-state index contributed by atoms with van der Waals surface area (Å²) in [6, 6.07) is 7.89. The van der Waals surface area contributed by atoms with E-state index >= 15 is 0 Å². The Kier molecular flexibility index (Phi) is 5.29. The average molecular weight is 392 g/mol. The number of benzene rings is 1. The zero-order valence-corrected chi connectivity index (χ0v) is 16.9. The molecular weight excluding hydrogens is 368 g/mol. The molecule has 1 aliphatic rings. The molecule has 1 saturated heterocycles. The van der Waals surface area contributed by atoms with Gasteiger partial charge in [0.25, 0.3) is 0 Å². The molecule has 0 unspecified atom stereocenters. The van der Waals surface area contributed by atoms with Crippen molar-refractivity contribution >= 4 is 16.8 Å². The second-order valence-electron chi connectivity index (χ2n) is 7.24. The summed E-state index contributed by atoms with van der Waals surface area (Å²) in [7, 11) is 1.60. The molecule has 0 radical (unpaired) electrons. The van der Waals surface area contributed by atoms with E-state index in [2.05, 4.69) is 21.0 Å². The SMILES string of the molecule is COc1ccc(-c2cc(OC3CCN(C(C)=O)CC3)c3ncnc(C)c3c2)cn1. The summed E-state index contributed by atoms with van der Waals surface area (Å²) < 4.78 is 11.5. The van der Waals surface area contributed by atoms with Gasteiger partial charge in [-0.1, -0.05) is 0 Å². The van der Waals surface area contributed by atoms with Crippen LogP contribution in [0.2, 0.25) is 0 Å². The zero-order chi connectivity index (χ0) is 20.4. The molecule has 0 saturated carbocycles. The summed E-state index contributed by atoms with van der Waals surface area (Å²) in [6.07, 6.45) is 5.01. The van der Waals surface area contributed by atoms with Crippen molar-refractivity contribution in [3.63, 3.8) is 0 Å². The molecule has 0 bridgehead atoms. The van der Waals surface area contributed by atoms with E-state index in [1.807, 2.05) is 30.0 Å². The van der Waals surface area contributed by atoms with Gasteiger partial charge in [-0.05, 0) is 30.7 Å². The number of aromatic nitrogens is 3. The Balaban J connectivity index is 1.68. The lowest BCUT2D eigenvalue weighted by atomic mass is 10.0. The fourth-order valence-electron chi connectivity index (χ4n) is 3.66. The van der Waals surface area contributed by atoms with E-state index < -0.39 is 0 Å². The minimum absolute atomic E-state index is 0.0494. The van der Waals surface area contributed by atoms with Gasteiger partial charge in [0.1, 0.15) is 23.7 Å². The number of methoxy groups -OCH3 is 1. The van der Waals surface area contributed by atoms with Crippen LogP contribution < -0.4 is 9.47 Å². The van der Waals surface area contributed by atoms with E-state index in [0.717, 1.165) is 46.3 Å². The number of carbonyl (C=O) groups is 1. The summed E-state index contributed by atoms with van der Waals surface area (Å²) in [5.41, 5.74) is 3.65. The first-order valence-electron chi connectivity index (χ1n) is 9.73. The van der Waals surface area contributed by atoms with E-state index in [4.69, 9.17) is 9.47 Å². The number of amides is 1. The van der Waals surface area contributed by atoms with Crippen molar-refractivity contribution in [2.24, 2.45) is 0 Å². The zero-order valence-electron chi connectivity index (χ0n) is 16.9. The first-order chi connectivity index (χ1) is 14.0. The molecule has 1 aliphatic heterocycles. The molecule has 0 aliphatic carbocycles. The first kappa shape index (κ1) is 19.1. The van der Waals surface area contributed by atoms with Crippen LogP contribution in [0, 0.1) is 6.92 Å². The van der Waals surface area contributed by atoms with Crippen molar-refractivity contribution < 1.29 is 14.3 Å². The third-order valence-electron chi connectivity index (χ3n) is 5.36. The predicted molar refractivity (Wildman–Crippen MR) is 110 cm³/mol. The maximum Gasteiger partial charge on any atom is 0.219 e. The van der Waals surface area contributed by atoms with E-state index in [-0.39, 0.29) is 12.0 Å². The topological polar surface area (TPSA) is 77.4 Å². The van der Waals surface area contributed by atoms with Gasteiger partial charge in [0.2, 0.25) is 11.8 Å². The molecular formula is C22H24N4O3. The molecule has 150 valence electrons. The van der Waals surface area contributed by atoms with Gasteiger partial charge < -0.3 is 14.4 Å². The van der Waals surface area contributed by atoms with Crippen LogP contribution in [0.3, 0.4) is 0 Å². The highest BCUT2D eigenvalue weighted by molar-refractivity contribution is 5.91. The van der Waals surface area contributed by atoms with E-state index in [1.54, 1.807) is 26.6 Å². The van der Waals surface area contributed by atoms with Crippen LogP contribution in [-0.2, 0) is 4.79 Å². The van der Waals surface area contributed by atoms with Crippen molar-refractivity contribution in [3.8, 4) is 22.8 Å². The standard InChI is InChI=1S/C22H24N4O3/c1-14-19-10-17(16-4-5-21(28-3)23-12-16)11-20(22(19)25-13-24-14)29-18-6-8-26(9-7-18)15(2)27/h4-5,10-13,18H,6-9H2,1-3H3. The highest BCUT2D eigenvalue weighted by atomic mass is 16.5. The Morgan fingerprint density at radius 2 is 1.90 bits per heavy atom. The molecule has 1 fully saturated rings. The number of piperidine rings is 1. The summed E-state index contributed by atoms with van der Waals surface area (Å²) in [6.45, 7) is 5.01. The van der Waals surface area contributed by atoms with Crippen molar-refractivity contribution in [2.45, 2.75) is 32.8 Å². The number of rotatable bonds is 4. The monoisotopic (exact) mass is 392 g/mol. The quantitative estimate of drug-likeness (QED) is 0.677. The Morgan fingerprint density at radius 1 is 1.10 bits per heavy atom. The smallest absolute Gasteiger partial charge is 0.219 e. The molecule has 29 heavy (non-hydrogen) atoms.